The average Bonchev–Trinajstić information content (AvgIpc) is 3.08. The number of halogens is 1. The zero-order chi connectivity index (χ0) is 23.9. The molecule has 0 bridgehead atoms. The van der Waals surface area contributed by atoms with Gasteiger partial charge in [-0.2, -0.15) is 0 Å². The highest BCUT2D eigenvalue weighted by molar-refractivity contribution is 6.33. The molecule has 5 rings (SSSR count). The second-order valence-corrected chi connectivity index (χ2v) is 10.5. The molecule has 1 amide bonds. The maximum absolute atomic E-state index is 12.9. The van der Waals surface area contributed by atoms with E-state index < -0.39 is 0 Å². The summed E-state index contributed by atoms with van der Waals surface area (Å²) in [6.07, 6.45) is 1.42. The van der Waals surface area contributed by atoms with Crippen molar-refractivity contribution >= 4 is 40.0 Å². The van der Waals surface area contributed by atoms with E-state index in [1.54, 1.807) is 0 Å². The first-order chi connectivity index (χ1) is 16.3. The van der Waals surface area contributed by atoms with Crippen LogP contribution in [0.4, 0.5) is 5.95 Å². The standard InChI is InChI=1S/C26H29ClN6O/c1-26(2,3)17-22(34)31-13-8-14-32(16-15-31)25-28-21-12-7-5-10-19(21)24-30-29-23(33(24)25)18-9-4-6-11-20(18)27/h4-7,9-12H,8,13-17H2,1-3H3. The van der Waals surface area contributed by atoms with E-state index in [1.165, 1.54) is 0 Å². The molecule has 7 nitrogen and oxygen atoms in total. The molecule has 0 aliphatic carbocycles. The Morgan fingerprint density at radius 1 is 0.971 bits per heavy atom. The molecule has 34 heavy (non-hydrogen) atoms. The van der Waals surface area contributed by atoms with Crippen LogP contribution < -0.4 is 4.90 Å². The van der Waals surface area contributed by atoms with Crippen molar-refractivity contribution in [2.24, 2.45) is 5.41 Å². The molecule has 0 saturated carbocycles. The SMILES string of the molecule is CC(C)(C)CC(=O)N1CCCN(c2nc3ccccc3c3nnc(-c4ccccc4Cl)n23)CC1. The number of amides is 1. The van der Waals surface area contributed by atoms with Crippen LogP contribution in [0.5, 0.6) is 0 Å². The van der Waals surface area contributed by atoms with E-state index in [9.17, 15) is 4.79 Å². The van der Waals surface area contributed by atoms with E-state index in [2.05, 4.69) is 35.9 Å². The van der Waals surface area contributed by atoms with Crippen LogP contribution in [0.2, 0.25) is 5.02 Å². The molecule has 1 saturated heterocycles. The Bertz CT molecular complexity index is 1360. The molecule has 0 radical (unpaired) electrons. The number of hydrogen-bond donors (Lipinski definition) is 0. The first-order valence-corrected chi connectivity index (χ1v) is 12.1. The third-order valence-electron chi connectivity index (χ3n) is 6.16. The normalized spacial score (nSPS) is 15.2. The average molecular weight is 477 g/mol. The Hall–Kier alpha value is -3.19. The van der Waals surface area contributed by atoms with Gasteiger partial charge in [-0.1, -0.05) is 56.6 Å². The van der Waals surface area contributed by atoms with E-state index in [0.717, 1.165) is 47.6 Å². The predicted octanol–water partition coefficient (Wildman–Crippen LogP) is 5.07. The molecule has 0 unspecified atom stereocenters. The fourth-order valence-electron chi connectivity index (χ4n) is 4.53. The number of hydrogen-bond acceptors (Lipinski definition) is 5. The van der Waals surface area contributed by atoms with Crippen molar-refractivity contribution in [2.45, 2.75) is 33.6 Å². The summed E-state index contributed by atoms with van der Waals surface area (Å²) < 4.78 is 2.01. The summed E-state index contributed by atoms with van der Waals surface area (Å²) in [4.78, 5) is 22.2. The van der Waals surface area contributed by atoms with Crippen LogP contribution in [0.1, 0.15) is 33.6 Å². The van der Waals surface area contributed by atoms with Crippen molar-refractivity contribution in [3.8, 4) is 11.4 Å². The maximum Gasteiger partial charge on any atom is 0.223 e. The van der Waals surface area contributed by atoms with Gasteiger partial charge in [0.1, 0.15) is 0 Å². The van der Waals surface area contributed by atoms with Crippen molar-refractivity contribution < 1.29 is 4.79 Å². The van der Waals surface area contributed by atoms with Crippen molar-refractivity contribution in [2.75, 3.05) is 31.1 Å². The Morgan fingerprint density at radius 3 is 2.53 bits per heavy atom. The monoisotopic (exact) mass is 476 g/mol. The lowest BCUT2D eigenvalue weighted by Crippen LogP contribution is -2.37. The lowest BCUT2D eigenvalue weighted by Gasteiger charge is -2.26. The lowest BCUT2D eigenvalue weighted by atomic mass is 9.91. The first kappa shape index (κ1) is 22.6. The summed E-state index contributed by atoms with van der Waals surface area (Å²) in [5.74, 6) is 1.66. The van der Waals surface area contributed by atoms with E-state index in [-0.39, 0.29) is 11.3 Å². The fraction of sp³-hybridized carbons (Fsp3) is 0.385. The van der Waals surface area contributed by atoms with Crippen LogP contribution in [-0.2, 0) is 4.79 Å². The minimum atomic E-state index is -0.0263. The van der Waals surface area contributed by atoms with Crippen LogP contribution in [-0.4, -0.2) is 56.6 Å². The zero-order valence-electron chi connectivity index (χ0n) is 19.8. The maximum atomic E-state index is 12.9. The number of aromatic nitrogens is 4. The summed E-state index contributed by atoms with van der Waals surface area (Å²) in [6, 6.07) is 15.6. The van der Waals surface area contributed by atoms with E-state index in [0.29, 0.717) is 30.4 Å². The molecular weight excluding hydrogens is 448 g/mol. The van der Waals surface area contributed by atoms with Crippen molar-refractivity contribution in [3.05, 3.63) is 53.6 Å². The highest BCUT2D eigenvalue weighted by Gasteiger charge is 2.26. The topological polar surface area (TPSA) is 66.6 Å². The van der Waals surface area contributed by atoms with Gasteiger partial charge in [0, 0.05) is 43.5 Å². The van der Waals surface area contributed by atoms with Gasteiger partial charge in [-0.25, -0.2) is 9.38 Å². The molecular formula is C26H29ClN6O. The van der Waals surface area contributed by atoms with Gasteiger partial charge in [-0.05, 0) is 36.1 Å². The third kappa shape index (κ3) is 4.32. The second kappa shape index (κ2) is 8.87. The number of para-hydroxylation sites is 1. The molecule has 4 aromatic rings. The summed E-state index contributed by atoms with van der Waals surface area (Å²) in [5, 5.41) is 10.6. The van der Waals surface area contributed by atoms with Crippen molar-refractivity contribution in [1.29, 1.82) is 0 Å². The number of fused-ring (bicyclic) bond motifs is 3. The molecule has 1 fully saturated rings. The number of anilines is 1. The van der Waals surface area contributed by atoms with E-state index in [1.807, 2.05) is 57.8 Å². The molecule has 0 N–H and O–H groups in total. The third-order valence-corrected chi connectivity index (χ3v) is 6.49. The highest BCUT2D eigenvalue weighted by Crippen LogP contribution is 2.32. The van der Waals surface area contributed by atoms with Crippen molar-refractivity contribution in [1.82, 2.24) is 24.5 Å². The minimum Gasteiger partial charge on any atom is -0.341 e. The van der Waals surface area contributed by atoms with Gasteiger partial charge in [0.2, 0.25) is 11.9 Å². The summed E-state index contributed by atoms with van der Waals surface area (Å²) in [5.41, 5.74) is 2.40. The number of benzene rings is 2. The Balaban J connectivity index is 1.58. The minimum absolute atomic E-state index is 0.0263. The van der Waals surface area contributed by atoms with E-state index in [4.69, 9.17) is 16.6 Å². The van der Waals surface area contributed by atoms with Gasteiger partial charge in [0.05, 0.1) is 10.5 Å². The number of nitrogens with zero attached hydrogens (tertiary/aromatic N) is 6. The van der Waals surface area contributed by atoms with Gasteiger partial charge in [0.25, 0.3) is 0 Å². The summed E-state index contributed by atoms with van der Waals surface area (Å²) in [6.45, 7) is 9.21. The highest BCUT2D eigenvalue weighted by atomic mass is 35.5. The van der Waals surface area contributed by atoms with Gasteiger partial charge in [0.15, 0.2) is 11.5 Å². The number of carbonyl (C=O) groups is 1. The van der Waals surface area contributed by atoms with Crippen LogP contribution in [0.3, 0.4) is 0 Å². The molecule has 0 atom stereocenters. The lowest BCUT2D eigenvalue weighted by molar-refractivity contribution is -0.132. The second-order valence-electron chi connectivity index (χ2n) is 10.1. The largest absolute Gasteiger partial charge is 0.341 e. The molecule has 1 aliphatic heterocycles. The van der Waals surface area contributed by atoms with Crippen molar-refractivity contribution in [3.63, 3.8) is 0 Å². The zero-order valence-corrected chi connectivity index (χ0v) is 20.6. The number of rotatable bonds is 3. The van der Waals surface area contributed by atoms with Gasteiger partial charge in [-0.3, -0.25) is 4.79 Å². The molecule has 1 aliphatic rings. The molecule has 2 aromatic heterocycles. The van der Waals surface area contributed by atoms with Gasteiger partial charge < -0.3 is 9.80 Å². The van der Waals surface area contributed by atoms with Crippen LogP contribution >= 0.6 is 11.6 Å². The van der Waals surface area contributed by atoms with Crippen LogP contribution in [0.15, 0.2) is 48.5 Å². The summed E-state index contributed by atoms with van der Waals surface area (Å²) in [7, 11) is 0. The molecule has 8 heteroatoms. The smallest absolute Gasteiger partial charge is 0.223 e. The number of carbonyl (C=O) groups excluding carboxylic acids is 1. The Kier molecular flexibility index (Phi) is 5.90. The van der Waals surface area contributed by atoms with Crippen LogP contribution in [0.25, 0.3) is 27.9 Å². The van der Waals surface area contributed by atoms with Gasteiger partial charge >= 0.3 is 0 Å². The molecule has 3 heterocycles. The van der Waals surface area contributed by atoms with Gasteiger partial charge in [-0.15, -0.1) is 10.2 Å². The Morgan fingerprint density at radius 2 is 1.74 bits per heavy atom. The van der Waals surface area contributed by atoms with E-state index >= 15 is 0 Å². The first-order valence-electron chi connectivity index (χ1n) is 11.7. The Labute approximate surface area is 204 Å². The fourth-order valence-corrected chi connectivity index (χ4v) is 4.75. The molecule has 2 aromatic carbocycles. The van der Waals surface area contributed by atoms with Crippen LogP contribution in [0, 0.1) is 5.41 Å². The quantitative estimate of drug-likeness (QED) is 0.413. The molecule has 176 valence electrons. The molecule has 0 spiro atoms. The summed E-state index contributed by atoms with van der Waals surface area (Å²) >= 11 is 6.55. The predicted molar refractivity (Wildman–Crippen MR) is 136 cm³/mol.